The third-order valence-electron chi connectivity index (χ3n) is 1.38. The van der Waals surface area contributed by atoms with E-state index in [9.17, 15) is 18.0 Å². The maximum atomic E-state index is 11.6. The average molecular weight is 208 g/mol. The lowest BCUT2D eigenvalue weighted by atomic mass is 10.2. The van der Waals surface area contributed by atoms with Gasteiger partial charge in [-0.05, 0) is 0 Å². The molecule has 3 N–H and O–H groups in total. The molecule has 0 aliphatic carbocycles. The highest BCUT2D eigenvalue weighted by molar-refractivity contribution is 5.81. The molecule has 0 aliphatic rings. The van der Waals surface area contributed by atoms with Crippen LogP contribution in [0.1, 0.15) is 12.8 Å². The van der Waals surface area contributed by atoms with Crippen LogP contribution in [-0.4, -0.2) is 24.7 Å². The van der Waals surface area contributed by atoms with Gasteiger partial charge in [0.15, 0.2) is 0 Å². The van der Waals surface area contributed by atoms with Crippen LogP contribution in [0.15, 0.2) is 0 Å². The van der Waals surface area contributed by atoms with Gasteiger partial charge in [0.25, 0.3) is 0 Å². The van der Waals surface area contributed by atoms with Gasteiger partial charge in [-0.15, -0.1) is 12.3 Å². The Morgan fingerprint density at radius 2 is 2.14 bits per heavy atom. The van der Waals surface area contributed by atoms with Crippen LogP contribution in [0.25, 0.3) is 0 Å². The molecule has 80 valence electrons. The second kappa shape index (κ2) is 5.50. The third-order valence-corrected chi connectivity index (χ3v) is 1.38. The lowest BCUT2D eigenvalue weighted by Crippen LogP contribution is -2.41. The van der Waals surface area contributed by atoms with Gasteiger partial charge in [0.05, 0.1) is 12.5 Å². The summed E-state index contributed by atoms with van der Waals surface area (Å²) in [7, 11) is 0. The monoisotopic (exact) mass is 208 g/mol. The summed E-state index contributed by atoms with van der Waals surface area (Å²) in [5, 5.41) is 2.04. The van der Waals surface area contributed by atoms with Crippen LogP contribution < -0.4 is 11.1 Å². The fourth-order valence-electron chi connectivity index (χ4n) is 0.678. The number of alkyl halides is 3. The van der Waals surface area contributed by atoms with Crippen molar-refractivity contribution in [3.05, 3.63) is 0 Å². The predicted octanol–water partition coefficient (Wildman–Crippen LogP) is 0.406. The van der Waals surface area contributed by atoms with Crippen molar-refractivity contribution < 1.29 is 18.0 Å². The van der Waals surface area contributed by atoms with Gasteiger partial charge in [-0.25, -0.2) is 0 Å². The standard InChI is InChI=1S/C8H11F3N2O/c1-2-3-6(12)7(14)13-5-4-8(9,10)11/h1,6H,3-5,12H2,(H,13,14). The van der Waals surface area contributed by atoms with E-state index in [1.54, 1.807) is 0 Å². The summed E-state index contributed by atoms with van der Waals surface area (Å²) in [6, 6.07) is -0.937. The SMILES string of the molecule is C#CCC(N)C(=O)NCCC(F)(F)F. The highest BCUT2D eigenvalue weighted by Crippen LogP contribution is 2.18. The van der Waals surface area contributed by atoms with Crippen molar-refractivity contribution in [3.8, 4) is 12.3 Å². The van der Waals surface area contributed by atoms with E-state index in [2.05, 4.69) is 5.92 Å². The number of terminal acetylenes is 1. The molecule has 0 bridgehead atoms. The number of hydrogen-bond acceptors (Lipinski definition) is 2. The first-order valence-electron chi connectivity index (χ1n) is 3.90. The number of rotatable bonds is 4. The van der Waals surface area contributed by atoms with E-state index in [1.807, 2.05) is 5.32 Å². The molecule has 14 heavy (non-hydrogen) atoms. The van der Waals surface area contributed by atoms with Crippen LogP contribution >= 0.6 is 0 Å². The summed E-state index contributed by atoms with van der Waals surface area (Å²) in [4.78, 5) is 10.9. The molecule has 0 heterocycles. The molecule has 1 atom stereocenters. The van der Waals surface area contributed by atoms with Crippen molar-refractivity contribution in [2.75, 3.05) is 6.54 Å². The fraction of sp³-hybridized carbons (Fsp3) is 0.625. The summed E-state index contributed by atoms with van der Waals surface area (Å²) in [5.74, 6) is 1.49. The minimum Gasteiger partial charge on any atom is -0.354 e. The van der Waals surface area contributed by atoms with E-state index in [0.29, 0.717) is 0 Å². The lowest BCUT2D eigenvalue weighted by Gasteiger charge is -2.10. The number of nitrogens with one attached hydrogen (secondary N) is 1. The summed E-state index contributed by atoms with van der Waals surface area (Å²) in [5.41, 5.74) is 5.24. The first-order valence-corrected chi connectivity index (χ1v) is 3.90. The Kier molecular flexibility index (Phi) is 5.02. The molecule has 0 radical (unpaired) electrons. The minimum absolute atomic E-state index is 0.0118. The van der Waals surface area contributed by atoms with E-state index < -0.39 is 31.1 Å². The van der Waals surface area contributed by atoms with Crippen molar-refractivity contribution in [1.29, 1.82) is 0 Å². The average Bonchev–Trinajstić information content (AvgIpc) is 2.02. The zero-order valence-electron chi connectivity index (χ0n) is 7.40. The number of carbonyl (C=O) groups excluding carboxylic acids is 1. The van der Waals surface area contributed by atoms with Gasteiger partial charge >= 0.3 is 6.18 Å². The predicted molar refractivity (Wildman–Crippen MR) is 45.1 cm³/mol. The molecule has 0 aromatic rings. The molecular weight excluding hydrogens is 197 g/mol. The Bertz CT molecular complexity index is 232. The van der Waals surface area contributed by atoms with Crippen LogP contribution in [0.3, 0.4) is 0 Å². The number of carbonyl (C=O) groups is 1. The number of hydrogen-bond donors (Lipinski definition) is 2. The highest BCUT2D eigenvalue weighted by atomic mass is 19.4. The molecule has 1 unspecified atom stereocenters. The van der Waals surface area contributed by atoms with Crippen molar-refractivity contribution in [2.45, 2.75) is 25.1 Å². The van der Waals surface area contributed by atoms with Crippen LogP contribution in [0, 0.1) is 12.3 Å². The van der Waals surface area contributed by atoms with Crippen molar-refractivity contribution in [1.82, 2.24) is 5.32 Å². The lowest BCUT2D eigenvalue weighted by molar-refractivity contribution is -0.135. The van der Waals surface area contributed by atoms with Gasteiger partial charge in [0, 0.05) is 13.0 Å². The number of halogens is 3. The highest BCUT2D eigenvalue weighted by Gasteiger charge is 2.26. The summed E-state index contributed by atoms with van der Waals surface area (Å²) in [6.45, 7) is -0.472. The van der Waals surface area contributed by atoms with Crippen LogP contribution in [-0.2, 0) is 4.79 Å². The molecule has 0 aromatic heterocycles. The normalized spacial score (nSPS) is 13.1. The first kappa shape index (κ1) is 12.8. The maximum absolute atomic E-state index is 11.6. The van der Waals surface area contributed by atoms with E-state index in [4.69, 9.17) is 12.2 Å². The van der Waals surface area contributed by atoms with Crippen molar-refractivity contribution in [2.24, 2.45) is 5.73 Å². The zero-order chi connectivity index (χ0) is 11.2. The third kappa shape index (κ3) is 6.31. The van der Waals surface area contributed by atoms with Crippen LogP contribution in [0.5, 0.6) is 0 Å². The Morgan fingerprint density at radius 1 is 1.57 bits per heavy atom. The number of amides is 1. The van der Waals surface area contributed by atoms with Gasteiger partial charge in [-0.2, -0.15) is 13.2 Å². The minimum atomic E-state index is -4.27. The van der Waals surface area contributed by atoms with Gasteiger partial charge in [-0.1, -0.05) is 0 Å². The van der Waals surface area contributed by atoms with E-state index >= 15 is 0 Å². The van der Waals surface area contributed by atoms with Crippen molar-refractivity contribution in [3.63, 3.8) is 0 Å². The van der Waals surface area contributed by atoms with Gasteiger partial charge in [0.2, 0.25) is 5.91 Å². The fourth-order valence-corrected chi connectivity index (χ4v) is 0.678. The molecule has 3 nitrogen and oxygen atoms in total. The molecule has 0 aliphatic heterocycles. The molecule has 1 amide bonds. The smallest absolute Gasteiger partial charge is 0.354 e. The summed E-state index contributed by atoms with van der Waals surface area (Å²) < 4.78 is 34.9. The largest absolute Gasteiger partial charge is 0.390 e. The van der Waals surface area contributed by atoms with Gasteiger partial charge in [-0.3, -0.25) is 4.79 Å². The second-order valence-electron chi connectivity index (χ2n) is 2.67. The molecule has 0 spiro atoms. The Morgan fingerprint density at radius 3 is 2.57 bits per heavy atom. The molecule has 0 saturated carbocycles. The number of nitrogens with two attached hydrogens (primary N) is 1. The summed E-state index contributed by atoms with van der Waals surface area (Å²) in [6.07, 6.45) is -0.455. The topological polar surface area (TPSA) is 55.1 Å². The van der Waals surface area contributed by atoms with E-state index in [1.165, 1.54) is 0 Å². The second-order valence-corrected chi connectivity index (χ2v) is 2.67. The first-order chi connectivity index (χ1) is 6.37. The Hall–Kier alpha value is -1.22. The maximum Gasteiger partial charge on any atom is 0.390 e. The Labute approximate surface area is 79.8 Å². The van der Waals surface area contributed by atoms with Crippen LogP contribution in [0.2, 0.25) is 0 Å². The molecule has 6 heteroatoms. The Balaban J connectivity index is 3.71. The van der Waals surface area contributed by atoms with Crippen molar-refractivity contribution >= 4 is 5.91 Å². The molecule has 0 fully saturated rings. The quantitative estimate of drug-likeness (QED) is 0.657. The van der Waals surface area contributed by atoms with Crippen LogP contribution in [0.4, 0.5) is 13.2 Å². The van der Waals surface area contributed by atoms with Gasteiger partial charge < -0.3 is 11.1 Å². The van der Waals surface area contributed by atoms with Gasteiger partial charge in [0.1, 0.15) is 0 Å². The molecule has 0 saturated heterocycles. The molecule has 0 rings (SSSR count). The molecular formula is C8H11F3N2O. The van der Waals surface area contributed by atoms with E-state index in [-0.39, 0.29) is 6.42 Å². The molecule has 0 aromatic carbocycles. The summed E-state index contributed by atoms with van der Waals surface area (Å²) >= 11 is 0. The zero-order valence-corrected chi connectivity index (χ0v) is 7.40. The van der Waals surface area contributed by atoms with E-state index in [0.717, 1.165) is 0 Å².